The van der Waals surface area contributed by atoms with Crippen LogP contribution in [0, 0.1) is 0 Å². The molecule has 0 aliphatic rings. The summed E-state index contributed by atoms with van der Waals surface area (Å²) in [5, 5.41) is 0.522. The third-order valence-electron chi connectivity index (χ3n) is 1.70. The molecule has 0 fully saturated rings. The van der Waals surface area contributed by atoms with Crippen molar-refractivity contribution in [2.75, 3.05) is 7.11 Å². The van der Waals surface area contributed by atoms with Gasteiger partial charge in [0, 0.05) is 6.07 Å². The van der Waals surface area contributed by atoms with E-state index in [-0.39, 0.29) is 0 Å². The number of hydrogen-bond donors (Lipinski definition) is 0. The molecule has 0 aliphatic heterocycles. The number of hydrogen-bond acceptors (Lipinski definition) is 4. The van der Waals surface area contributed by atoms with Crippen molar-refractivity contribution in [2.24, 2.45) is 0 Å². The Labute approximate surface area is 96.2 Å². The van der Waals surface area contributed by atoms with Crippen LogP contribution in [0.1, 0.15) is 0 Å². The number of aromatic nitrogens is 1. The van der Waals surface area contributed by atoms with Gasteiger partial charge in [-0.1, -0.05) is 29.0 Å². The molecule has 0 aliphatic carbocycles. The minimum atomic E-state index is 0.522. The Balaban J connectivity index is 2.16. The van der Waals surface area contributed by atoms with Crippen LogP contribution in [-0.2, 0) is 0 Å². The lowest BCUT2D eigenvalue weighted by molar-refractivity contribution is 0.409. The van der Waals surface area contributed by atoms with Crippen LogP contribution in [0.5, 0.6) is 16.7 Å². The van der Waals surface area contributed by atoms with E-state index in [0.717, 1.165) is 5.75 Å². The van der Waals surface area contributed by atoms with E-state index < -0.39 is 0 Å². The fraction of sp³-hybridized carbons (Fsp3) is 0.100. The van der Waals surface area contributed by atoms with Crippen molar-refractivity contribution in [2.45, 2.75) is 0 Å². The van der Waals surface area contributed by atoms with Crippen LogP contribution in [0.25, 0.3) is 0 Å². The van der Waals surface area contributed by atoms with Crippen molar-refractivity contribution in [1.29, 1.82) is 0 Å². The molecule has 0 amide bonds. The predicted molar refractivity (Wildman–Crippen MR) is 60.2 cm³/mol. The Morgan fingerprint density at radius 1 is 1.33 bits per heavy atom. The van der Waals surface area contributed by atoms with E-state index in [4.69, 9.17) is 21.1 Å². The minimum Gasteiger partial charge on any atom is -0.497 e. The Morgan fingerprint density at radius 2 is 2.13 bits per heavy atom. The van der Waals surface area contributed by atoms with Crippen LogP contribution in [-0.4, -0.2) is 12.1 Å². The minimum absolute atomic E-state index is 0.522. The van der Waals surface area contributed by atoms with Crippen LogP contribution in [0.2, 0.25) is 4.34 Å². The van der Waals surface area contributed by atoms with Crippen molar-refractivity contribution in [3.63, 3.8) is 0 Å². The van der Waals surface area contributed by atoms with Crippen LogP contribution >= 0.6 is 22.9 Å². The summed E-state index contributed by atoms with van der Waals surface area (Å²) in [7, 11) is 1.61. The second kappa shape index (κ2) is 4.51. The molecule has 1 heterocycles. The molecule has 1 aromatic heterocycles. The van der Waals surface area contributed by atoms with Crippen molar-refractivity contribution in [3.8, 4) is 16.7 Å². The van der Waals surface area contributed by atoms with E-state index in [1.54, 1.807) is 19.4 Å². The zero-order valence-corrected chi connectivity index (χ0v) is 9.51. The molecule has 15 heavy (non-hydrogen) atoms. The first-order chi connectivity index (χ1) is 7.28. The van der Waals surface area contributed by atoms with Gasteiger partial charge in [-0.2, -0.15) is 0 Å². The molecular formula is C10H8ClNO2S. The molecule has 0 radical (unpaired) electrons. The summed E-state index contributed by atoms with van der Waals surface area (Å²) < 4.78 is 11.2. The quantitative estimate of drug-likeness (QED) is 0.823. The molecule has 0 saturated heterocycles. The maximum atomic E-state index is 5.74. The third-order valence-corrected chi connectivity index (χ3v) is 2.70. The number of methoxy groups -OCH3 is 1. The van der Waals surface area contributed by atoms with Crippen molar-refractivity contribution in [1.82, 2.24) is 4.98 Å². The topological polar surface area (TPSA) is 31.4 Å². The highest BCUT2D eigenvalue weighted by molar-refractivity contribution is 7.17. The van der Waals surface area contributed by atoms with Crippen LogP contribution < -0.4 is 9.47 Å². The Hall–Kier alpha value is -1.26. The molecule has 2 rings (SSSR count). The lowest BCUT2D eigenvalue weighted by Gasteiger charge is -2.03. The fourth-order valence-corrected chi connectivity index (χ4v) is 1.81. The first-order valence-corrected chi connectivity index (χ1v) is 5.40. The second-order valence-corrected chi connectivity index (χ2v) is 4.34. The van der Waals surface area contributed by atoms with Gasteiger partial charge in [-0.25, -0.2) is 4.98 Å². The summed E-state index contributed by atoms with van der Waals surface area (Å²) in [6.07, 6.45) is 1.56. The lowest BCUT2D eigenvalue weighted by Crippen LogP contribution is -1.85. The Kier molecular flexibility index (Phi) is 3.08. The number of halogens is 1. The standard InChI is InChI=1S/C10H8ClNO2S/c1-13-7-3-2-4-8(5-7)14-10-12-6-9(11)15-10/h2-6H,1H3. The first kappa shape index (κ1) is 10.3. The van der Waals surface area contributed by atoms with E-state index in [1.165, 1.54) is 11.3 Å². The van der Waals surface area contributed by atoms with E-state index in [1.807, 2.05) is 18.2 Å². The van der Waals surface area contributed by atoms with Gasteiger partial charge < -0.3 is 9.47 Å². The molecule has 78 valence electrons. The number of benzene rings is 1. The zero-order valence-electron chi connectivity index (χ0n) is 7.94. The summed E-state index contributed by atoms with van der Waals surface area (Å²) in [6.45, 7) is 0. The summed E-state index contributed by atoms with van der Waals surface area (Å²) >= 11 is 7.02. The largest absolute Gasteiger partial charge is 0.497 e. The zero-order chi connectivity index (χ0) is 10.7. The maximum Gasteiger partial charge on any atom is 0.280 e. The summed E-state index contributed by atoms with van der Waals surface area (Å²) in [5.41, 5.74) is 0. The molecular weight excluding hydrogens is 234 g/mol. The van der Waals surface area contributed by atoms with Crippen LogP contribution in [0.4, 0.5) is 0 Å². The highest BCUT2D eigenvalue weighted by Crippen LogP contribution is 2.30. The normalized spacial score (nSPS) is 10.0. The third kappa shape index (κ3) is 2.61. The highest BCUT2D eigenvalue weighted by Gasteiger charge is 2.03. The van der Waals surface area contributed by atoms with E-state index in [0.29, 0.717) is 15.3 Å². The van der Waals surface area contributed by atoms with Crippen molar-refractivity contribution in [3.05, 3.63) is 34.8 Å². The predicted octanol–water partition coefficient (Wildman–Crippen LogP) is 3.60. The van der Waals surface area contributed by atoms with Crippen LogP contribution in [0.15, 0.2) is 30.5 Å². The molecule has 0 atom stereocenters. The maximum absolute atomic E-state index is 5.74. The monoisotopic (exact) mass is 241 g/mol. The average molecular weight is 242 g/mol. The first-order valence-electron chi connectivity index (χ1n) is 4.21. The van der Waals surface area contributed by atoms with Crippen LogP contribution in [0.3, 0.4) is 0 Å². The van der Waals surface area contributed by atoms with Gasteiger partial charge in [0.05, 0.1) is 13.3 Å². The molecule has 0 saturated carbocycles. The molecule has 5 heteroatoms. The smallest absolute Gasteiger partial charge is 0.280 e. The molecule has 0 bridgehead atoms. The Bertz CT molecular complexity index is 458. The molecule has 3 nitrogen and oxygen atoms in total. The van der Waals surface area contributed by atoms with E-state index in [2.05, 4.69) is 4.98 Å². The van der Waals surface area contributed by atoms with Crippen molar-refractivity contribution < 1.29 is 9.47 Å². The molecule has 1 aromatic carbocycles. The lowest BCUT2D eigenvalue weighted by atomic mass is 10.3. The van der Waals surface area contributed by atoms with Gasteiger partial charge in [-0.3, -0.25) is 0 Å². The van der Waals surface area contributed by atoms with Gasteiger partial charge in [0.25, 0.3) is 5.19 Å². The summed E-state index contributed by atoms with van der Waals surface area (Å²) in [4.78, 5) is 3.99. The van der Waals surface area contributed by atoms with E-state index in [9.17, 15) is 0 Å². The number of ether oxygens (including phenoxy) is 2. The Morgan fingerprint density at radius 3 is 2.80 bits per heavy atom. The van der Waals surface area contributed by atoms with Gasteiger partial charge in [0.1, 0.15) is 15.8 Å². The summed E-state index contributed by atoms with van der Waals surface area (Å²) in [5.74, 6) is 1.43. The molecule has 0 spiro atoms. The van der Waals surface area contributed by atoms with Gasteiger partial charge in [0.2, 0.25) is 0 Å². The SMILES string of the molecule is COc1cccc(Oc2ncc(Cl)s2)c1. The van der Waals surface area contributed by atoms with Gasteiger partial charge in [-0.15, -0.1) is 0 Å². The number of nitrogens with zero attached hydrogens (tertiary/aromatic N) is 1. The van der Waals surface area contributed by atoms with Crippen molar-refractivity contribution >= 4 is 22.9 Å². The number of rotatable bonds is 3. The molecule has 0 unspecified atom stereocenters. The fourth-order valence-electron chi connectivity index (χ4n) is 1.05. The number of thiazole rings is 1. The van der Waals surface area contributed by atoms with E-state index >= 15 is 0 Å². The van der Waals surface area contributed by atoms with Gasteiger partial charge in [0.15, 0.2) is 0 Å². The summed E-state index contributed by atoms with van der Waals surface area (Å²) in [6, 6.07) is 7.32. The highest BCUT2D eigenvalue weighted by atomic mass is 35.5. The molecule has 2 aromatic rings. The average Bonchev–Trinajstić information content (AvgIpc) is 2.64. The molecule has 0 N–H and O–H groups in total. The second-order valence-electron chi connectivity index (χ2n) is 2.71. The van der Waals surface area contributed by atoms with Gasteiger partial charge >= 0.3 is 0 Å². The van der Waals surface area contributed by atoms with Gasteiger partial charge in [-0.05, 0) is 12.1 Å².